The van der Waals surface area contributed by atoms with Crippen LogP contribution in [0.5, 0.6) is 17.4 Å². The molecule has 0 bridgehead atoms. The van der Waals surface area contributed by atoms with Gasteiger partial charge in [-0.25, -0.2) is 9.97 Å². The SMILES string of the molecule is COc1nccnc1C(=O)c1cccc2c1OCCO2. The van der Waals surface area contributed by atoms with Gasteiger partial charge in [-0.05, 0) is 12.1 Å². The minimum atomic E-state index is -0.308. The van der Waals surface area contributed by atoms with Gasteiger partial charge in [0.1, 0.15) is 13.2 Å². The Labute approximate surface area is 115 Å². The predicted octanol–water partition coefficient (Wildman–Crippen LogP) is 1.49. The fourth-order valence-corrected chi connectivity index (χ4v) is 2.01. The average molecular weight is 272 g/mol. The van der Waals surface area contributed by atoms with Gasteiger partial charge in [0.15, 0.2) is 17.2 Å². The van der Waals surface area contributed by atoms with Crippen LogP contribution in [0.1, 0.15) is 16.1 Å². The molecule has 1 aliphatic heterocycles. The second kappa shape index (κ2) is 5.16. The Hall–Kier alpha value is -2.63. The van der Waals surface area contributed by atoms with Crippen molar-refractivity contribution >= 4 is 5.78 Å². The number of hydrogen-bond acceptors (Lipinski definition) is 6. The van der Waals surface area contributed by atoms with Crippen molar-refractivity contribution in [2.45, 2.75) is 0 Å². The summed E-state index contributed by atoms with van der Waals surface area (Å²) in [5.74, 6) is 0.880. The standard InChI is InChI=1S/C14H12N2O4/c1-18-14-11(15-5-6-16-14)12(17)9-3-2-4-10-13(9)20-8-7-19-10/h2-6H,7-8H2,1H3. The summed E-state index contributed by atoms with van der Waals surface area (Å²) in [6.45, 7) is 0.883. The van der Waals surface area contributed by atoms with Crippen LogP contribution in [-0.2, 0) is 0 Å². The molecule has 0 saturated carbocycles. The molecule has 3 rings (SSSR count). The van der Waals surface area contributed by atoms with E-state index in [2.05, 4.69) is 9.97 Å². The summed E-state index contributed by atoms with van der Waals surface area (Å²) in [7, 11) is 1.45. The summed E-state index contributed by atoms with van der Waals surface area (Å²) in [5, 5.41) is 0. The van der Waals surface area contributed by atoms with E-state index in [1.165, 1.54) is 19.5 Å². The Balaban J connectivity index is 2.07. The van der Waals surface area contributed by atoms with Gasteiger partial charge in [0.05, 0.1) is 12.7 Å². The number of aromatic nitrogens is 2. The van der Waals surface area contributed by atoms with Gasteiger partial charge in [-0.3, -0.25) is 4.79 Å². The molecule has 6 nitrogen and oxygen atoms in total. The number of hydrogen-bond donors (Lipinski definition) is 0. The number of nitrogens with zero attached hydrogens (tertiary/aromatic N) is 2. The van der Waals surface area contributed by atoms with E-state index in [9.17, 15) is 4.79 Å². The maximum atomic E-state index is 12.6. The van der Waals surface area contributed by atoms with Crippen molar-refractivity contribution in [1.82, 2.24) is 9.97 Å². The molecule has 0 N–H and O–H groups in total. The second-order valence-electron chi connectivity index (χ2n) is 4.07. The topological polar surface area (TPSA) is 70.5 Å². The molecule has 20 heavy (non-hydrogen) atoms. The third kappa shape index (κ3) is 2.05. The molecule has 0 saturated heterocycles. The van der Waals surface area contributed by atoms with Gasteiger partial charge in [-0.1, -0.05) is 6.07 Å². The van der Waals surface area contributed by atoms with Crippen molar-refractivity contribution in [3.8, 4) is 17.4 Å². The Bertz CT molecular complexity index is 657. The van der Waals surface area contributed by atoms with Crippen molar-refractivity contribution in [3.05, 3.63) is 41.9 Å². The second-order valence-corrected chi connectivity index (χ2v) is 4.07. The highest BCUT2D eigenvalue weighted by molar-refractivity contribution is 6.11. The first kappa shape index (κ1) is 12.4. The first-order chi connectivity index (χ1) is 9.81. The van der Waals surface area contributed by atoms with Crippen LogP contribution in [0, 0.1) is 0 Å². The maximum absolute atomic E-state index is 12.6. The number of carbonyl (C=O) groups excluding carboxylic acids is 1. The maximum Gasteiger partial charge on any atom is 0.243 e. The Kier molecular flexibility index (Phi) is 3.20. The van der Waals surface area contributed by atoms with E-state index in [0.717, 1.165) is 0 Å². The lowest BCUT2D eigenvalue weighted by atomic mass is 10.1. The molecule has 0 fully saturated rings. The molecule has 0 aliphatic carbocycles. The zero-order valence-corrected chi connectivity index (χ0v) is 10.8. The number of ketones is 1. The molecule has 1 aromatic heterocycles. The summed E-state index contributed by atoms with van der Waals surface area (Å²) >= 11 is 0. The number of methoxy groups -OCH3 is 1. The van der Waals surface area contributed by atoms with Crippen LogP contribution in [0.2, 0.25) is 0 Å². The number of benzene rings is 1. The third-order valence-electron chi connectivity index (χ3n) is 2.88. The lowest BCUT2D eigenvalue weighted by Crippen LogP contribution is -2.18. The molecule has 0 atom stereocenters. The number of ether oxygens (including phenoxy) is 3. The van der Waals surface area contributed by atoms with Gasteiger partial charge in [-0.2, -0.15) is 0 Å². The van der Waals surface area contributed by atoms with E-state index in [4.69, 9.17) is 14.2 Å². The van der Waals surface area contributed by atoms with Gasteiger partial charge in [0.2, 0.25) is 11.7 Å². The van der Waals surface area contributed by atoms with Crippen LogP contribution < -0.4 is 14.2 Å². The van der Waals surface area contributed by atoms with Crippen LogP contribution >= 0.6 is 0 Å². The van der Waals surface area contributed by atoms with Gasteiger partial charge in [-0.15, -0.1) is 0 Å². The summed E-state index contributed by atoms with van der Waals surface area (Å²) in [4.78, 5) is 20.6. The van der Waals surface area contributed by atoms with Crippen molar-refractivity contribution in [3.63, 3.8) is 0 Å². The van der Waals surface area contributed by atoms with E-state index in [0.29, 0.717) is 30.3 Å². The summed E-state index contributed by atoms with van der Waals surface area (Å²) in [6.07, 6.45) is 2.91. The Morgan fingerprint density at radius 3 is 2.85 bits per heavy atom. The van der Waals surface area contributed by atoms with Gasteiger partial charge in [0, 0.05) is 12.4 Å². The van der Waals surface area contributed by atoms with E-state index in [1.807, 2.05) is 0 Å². The lowest BCUT2D eigenvalue weighted by molar-refractivity contribution is 0.101. The van der Waals surface area contributed by atoms with E-state index in [1.54, 1.807) is 18.2 Å². The van der Waals surface area contributed by atoms with Crippen LogP contribution in [0.25, 0.3) is 0 Å². The lowest BCUT2D eigenvalue weighted by Gasteiger charge is -2.20. The minimum Gasteiger partial charge on any atom is -0.486 e. The minimum absolute atomic E-state index is 0.151. The van der Waals surface area contributed by atoms with Crippen LogP contribution in [-0.4, -0.2) is 36.1 Å². The Morgan fingerprint density at radius 1 is 1.20 bits per heavy atom. The van der Waals surface area contributed by atoms with E-state index in [-0.39, 0.29) is 17.4 Å². The number of carbonyl (C=O) groups is 1. The number of rotatable bonds is 3. The first-order valence-electron chi connectivity index (χ1n) is 6.09. The van der Waals surface area contributed by atoms with Crippen LogP contribution in [0.3, 0.4) is 0 Å². The van der Waals surface area contributed by atoms with Crippen LogP contribution in [0.4, 0.5) is 0 Å². The van der Waals surface area contributed by atoms with Gasteiger partial charge < -0.3 is 14.2 Å². The molecule has 2 heterocycles. The highest BCUT2D eigenvalue weighted by Crippen LogP contribution is 2.35. The smallest absolute Gasteiger partial charge is 0.243 e. The summed E-state index contributed by atoms with van der Waals surface area (Å²) in [5.41, 5.74) is 0.540. The van der Waals surface area contributed by atoms with Gasteiger partial charge >= 0.3 is 0 Å². The quantitative estimate of drug-likeness (QED) is 0.788. The van der Waals surface area contributed by atoms with Crippen molar-refractivity contribution in [2.24, 2.45) is 0 Å². The van der Waals surface area contributed by atoms with Crippen molar-refractivity contribution < 1.29 is 19.0 Å². The van der Waals surface area contributed by atoms with Gasteiger partial charge in [0.25, 0.3) is 0 Å². The molecular formula is C14H12N2O4. The van der Waals surface area contributed by atoms with E-state index >= 15 is 0 Å². The summed E-state index contributed by atoms with van der Waals surface area (Å²) in [6, 6.07) is 5.17. The fourth-order valence-electron chi connectivity index (χ4n) is 2.01. The molecule has 0 spiro atoms. The fraction of sp³-hybridized carbons (Fsp3) is 0.214. The zero-order valence-electron chi connectivity index (χ0n) is 10.8. The normalized spacial score (nSPS) is 12.8. The highest BCUT2D eigenvalue weighted by atomic mass is 16.6. The Morgan fingerprint density at radius 2 is 2.00 bits per heavy atom. The molecule has 102 valence electrons. The highest BCUT2D eigenvalue weighted by Gasteiger charge is 2.24. The molecule has 6 heteroatoms. The zero-order chi connectivity index (χ0) is 13.9. The third-order valence-corrected chi connectivity index (χ3v) is 2.88. The molecule has 0 unspecified atom stereocenters. The largest absolute Gasteiger partial charge is 0.486 e. The number of fused-ring (bicyclic) bond motifs is 1. The van der Waals surface area contributed by atoms with E-state index < -0.39 is 0 Å². The summed E-state index contributed by atoms with van der Waals surface area (Å²) < 4.78 is 16.1. The van der Waals surface area contributed by atoms with Crippen LogP contribution in [0.15, 0.2) is 30.6 Å². The monoisotopic (exact) mass is 272 g/mol. The average Bonchev–Trinajstić information content (AvgIpc) is 2.53. The molecule has 1 aliphatic rings. The number of para-hydroxylation sites is 1. The molecule has 0 radical (unpaired) electrons. The first-order valence-corrected chi connectivity index (χ1v) is 6.09. The predicted molar refractivity (Wildman–Crippen MR) is 69.4 cm³/mol. The molecule has 1 aromatic carbocycles. The molecule has 0 amide bonds. The molecule has 2 aromatic rings. The van der Waals surface area contributed by atoms with Crippen molar-refractivity contribution in [2.75, 3.05) is 20.3 Å². The van der Waals surface area contributed by atoms with Crippen molar-refractivity contribution in [1.29, 1.82) is 0 Å². The molecular weight excluding hydrogens is 260 g/mol.